The molecule has 0 spiro atoms. The number of rotatable bonds is 3. The van der Waals surface area contributed by atoms with E-state index in [4.69, 9.17) is 0 Å². The molecule has 1 saturated heterocycles. The normalized spacial score (nSPS) is 18.8. The van der Waals surface area contributed by atoms with Gasteiger partial charge in [0.1, 0.15) is 6.04 Å². The fourth-order valence-corrected chi connectivity index (χ4v) is 2.31. The van der Waals surface area contributed by atoms with Crippen LogP contribution in [0.3, 0.4) is 0 Å². The van der Waals surface area contributed by atoms with Crippen molar-refractivity contribution in [1.82, 2.24) is 15.1 Å². The highest BCUT2D eigenvalue weighted by molar-refractivity contribution is 5.95. The van der Waals surface area contributed by atoms with Crippen LogP contribution in [0.2, 0.25) is 0 Å². The minimum absolute atomic E-state index is 0.0522. The van der Waals surface area contributed by atoms with E-state index in [9.17, 15) is 9.59 Å². The standard InChI is InChI=1S/C16H21N3O2/c1-18(2)16(21)14-12-17-10-11-19(14)15(20)9-8-13-6-4-3-5-7-13/h3-9,14,17H,10-12H2,1-2H3. The lowest BCUT2D eigenvalue weighted by molar-refractivity contribution is -0.142. The van der Waals surface area contributed by atoms with Crippen LogP contribution in [0.1, 0.15) is 5.56 Å². The van der Waals surface area contributed by atoms with Gasteiger partial charge in [0.2, 0.25) is 11.8 Å². The summed E-state index contributed by atoms with van der Waals surface area (Å²) in [4.78, 5) is 27.7. The van der Waals surface area contributed by atoms with Crippen LogP contribution in [0.5, 0.6) is 0 Å². The molecule has 1 aliphatic heterocycles. The van der Waals surface area contributed by atoms with Crippen molar-refractivity contribution < 1.29 is 9.59 Å². The van der Waals surface area contributed by atoms with Gasteiger partial charge in [-0.05, 0) is 11.6 Å². The number of nitrogens with zero attached hydrogens (tertiary/aromatic N) is 2. The predicted octanol–water partition coefficient (Wildman–Crippen LogP) is 0.588. The van der Waals surface area contributed by atoms with Crippen LogP contribution in [0.4, 0.5) is 0 Å². The summed E-state index contributed by atoms with van der Waals surface area (Å²) in [5, 5.41) is 3.16. The molecule has 1 aliphatic rings. The number of likely N-dealkylation sites (N-methyl/N-ethyl adjacent to an activating group) is 1. The van der Waals surface area contributed by atoms with Crippen molar-refractivity contribution in [3.8, 4) is 0 Å². The molecule has 0 radical (unpaired) electrons. The molecule has 1 aromatic rings. The molecule has 2 amide bonds. The molecule has 1 aromatic carbocycles. The van der Waals surface area contributed by atoms with Gasteiger partial charge < -0.3 is 15.1 Å². The second-order valence-corrected chi connectivity index (χ2v) is 5.23. The topological polar surface area (TPSA) is 52.7 Å². The summed E-state index contributed by atoms with van der Waals surface area (Å²) in [5.41, 5.74) is 0.969. The van der Waals surface area contributed by atoms with Crippen molar-refractivity contribution in [1.29, 1.82) is 0 Å². The summed E-state index contributed by atoms with van der Waals surface area (Å²) >= 11 is 0. The number of amides is 2. The van der Waals surface area contributed by atoms with E-state index in [1.165, 1.54) is 11.0 Å². The van der Waals surface area contributed by atoms with Crippen LogP contribution >= 0.6 is 0 Å². The Kier molecular flexibility index (Phi) is 5.11. The maximum atomic E-state index is 12.3. The fourth-order valence-electron chi connectivity index (χ4n) is 2.31. The SMILES string of the molecule is CN(C)C(=O)C1CNCCN1C(=O)C=Cc1ccccc1. The second-order valence-electron chi connectivity index (χ2n) is 5.23. The molecule has 1 fully saturated rings. The molecule has 1 atom stereocenters. The third-order valence-corrected chi connectivity index (χ3v) is 3.47. The van der Waals surface area contributed by atoms with Crippen LogP contribution in [0, 0.1) is 0 Å². The summed E-state index contributed by atoms with van der Waals surface area (Å²) < 4.78 is 0. The lowest BCUT2D eigenvalue weighted by Gasteiger charge is -2.35. The molecule has 0 aromatic heterocycles. The Hall–Kier alpha value is -2.14. The van der Waals surface area contributed by atoms with Gasteiger partial charge in [0.15, 0.2) is 0 Å². The Morgan fingerprint density at radius 3 is 2.67 bits per heavy atom. The number of carbonyl (C=O) groups excluding carboxylic acids is 2. The van der Waals surface area contributed by atoms with Gasteiger partial charge >= 0.3 is 0 Å². The Bertz CT molecular complexity index is 526. The number of piperazine rings is 1. The molecule has 0 saturated carbocycles. The first kappa shape index (κ1) is 15.3. The number of hydrogen-bond donors (Lipinski definition) is 1. The van der Waals surface area contributed by atoms with Gasteiger partial charge in [-0.1, -0.05) is 30.3 Å². The molecule has 1 unspecified atom stereocenters. The Balaban J connectivity index is 2.08. The van der Waals surface area contributed by atoms with Gasteiger partial charge in [0.05, 0.1) is 0 Å². The summed E-state index contributed by atoms with van der Waals surface area (Å²) in [5.74, 6) is -0.177. The molecule has 112 valence electrons. The second kappa shape index (κ2) is 7.04. The van der Waals surface area contributed by atoms with Crippen LogP contribution in [0.25, 0.3) is 6.08 Å². The summed E-state index contributed by atoms with van der Waals surface area (Å²) in [6.07, 6.45) is 3.32. The third kappa shape index (κ3) is 3.92. The highest BCUT2D eigenvalue weighted by Gasteiger charge is 2.31. The summed E-state index contributed by atoms with van der Waals surface area (Å²) in [7, 11) is 3.42. The van der Waals surface area contributed by atoms with E-state index in [0.717, 1.165) is 5.56 Å². The highest BCUT2D eigenvalue weighted by Crippen LogP contribution is 2.09. The summed E-state index contributed by atoms with van der Waals surface area (Å²) in [6.45, 7) is 1.76. The fraction of sp³-hybridized carbons (Fsp3) is 0.375. The first-order valence-electron chi connectivity index (χ1n) is 7.05. The van der Waals surface area contributed by atoms with E-state index in [0.29, 0.717) is 19.6 Å². The van der Waals surface area contributed by atoms with Crippen LogP contribution < -0.4 is 5.32 Å². The molecule has 21 heavy (non-hydrogen) atoms. The number of nitrogens with one attached hydrogen (secondary N) is 1. The van der Waals surface area contributed by atoms with E-state index < -0.39 is 6.04 Å². The molecule has 0 bridgehead atoms. The Labute approximate surface area is 125 Å². The third-order valence-electron chi connectivity index (χ3n) is 3.47. The van der Waals surface area contributed by atoms with E-state index in [2.05, 4.69) is 5.32 Å². The van der Waals surface area contributed by atoms with Gasteiger partial charge in [-0.3, -0.25) is 9.59 Å². The molecule has 1 heterocycles. The Morgan fingerprint density at radius 1 is 1.29 bits per heavy atom. The largest absolute Gasteiger partial charge is 0.347 e. The lowest BCUT2D eigenvalue weighted by Crippen LogP contribution is -2.59. The number of carbonyl (C=O) groups is 2. The lowest BCUT2D eigenvalue weighted by atomic mass is 10.1. The van der Waals surface area contributed by atoms with Crippen LogP contribution in [-0.2, 0) is 9.59 Å². The molecule has 2 rings (SSSR count). The van der Waals surface area contributed by atoms with Crippen molar-refractivity contribution >= 4 is 17.9 Å². The molecule has 1 N–H and O–H groups in total. The van der Waals surface area contributed by atoms with E-state index in [-0.39, 0.29) is 11.8 Å². The van der Waals surface area contributed by atoms with E-state index >= 15 is 0 Å². The van der Waals surface area contributed by atoms with Gasteiger partial charge in [-0.25, -0.2) is 0 Å². The first-order chi connectivity index (χ1) is 10.1. The average molecular weight is 287 g/mol. The maximum absolute atomic E-state index is 12.3. The number of hydrogen-bond acceptors (Lipinski definition) is 3. The molecule has 5 nitrogen and oxygen atoms in total. The van der Waals surface area contributed by atoms with Gasteiger partial charge in [0, 0.05) is 39.8 Å². The average Bonchev–Trinajstić information content (AvgIpc) is 2.52. The Morgan fingerprint density at radius 2 is 2.00 bits per heavy atom. The first-order valence-corrected chi connectivity index (χ1v) is 7.05. The zero-order chi connectivity index (χ0) is 15.2. The number of benzene rings is 1. The summed E-state index contributed by atoms with van der Waals surface area (Å²) in [6, 6.07) is 9.22. The minimum Gasteiger partial charge on any atom is -0.347 e. The van der Waals surface area contributed by atoms with Crippen molar-refractivity contribution in [3.63, 3.8) is 0 Å². The van der Waals surface area contributed by atoms with Crippen molar-refractivity contribution in [2.45, 2.75) is 6.04 Å². The molecular weight excluding hydrogens is 266 g/mol. The van der Waals surface area contributed by atoms with Gasteiger partial charge in [0.25, 0.3) is 0 Å². The molecule has 5 heteroatoms. The van der Waals surface area contributed by atoms with Crippen molar-refractivity contribution in [2.75, 3.05) is 33.7 Å². The predicted molar refractivity (Wildman–Crippen MR) is 82.5 cm³/mol. The van der Waals surface area contributed by atoms with Crippen LogP contribution in [0.15, 0.2) is 36.4 Å². The maximum Gasteiger partial charge on any atom is 0.247 e. The molecular formula is C16H21N3O2. The zero-order valence-corrected chi connectivity index (χ0v) is 12.5. The minimum atomic E-state index is -0.429. The molecule has 0 aliphatic carbocycles. The van der Waals surface area contributed by atoms with Gasteiger partial charge in [-0.2, -0.15) is 0 Å². The van der Waals surface area contributed by atoms with E-state index in [1.54, 1.807) is 25.1 Å². The smallest absolute Gasteiger partial charge is 0.247 e. The monoisotopic (exact) mass is 287 g/mol. The zero-order valence-electron chi connectivity index (χ0n) is 12.5. The van der Waals surface area contributed by atoms with Crippen molar-refractivity contribution in [2.24, 2.45) is 0 Å². The van der Waals surface area contributed by atoms with Gasteiger partial charge in [-0.15, -0.1) is 0 Å². The quantitative estimate of drug-likeness (QED) is 0.828. The van der Waals surface area contributed by atoms with E-state index in [1.807, 2.05) is 30.3 Å². The van der Waals surface area contributed by atoms with Crippen molar-refractivity contribution in [3.05, 3.63) is 42.0 Å². The highest BCUT2D eigenvalue weighted by atomic mass is 16.2. The van der Waals surface area contributed by atoms with Crippen LogP contribution in [-0.4, -0.2) is 61.4 Å².